The van der Waals surface area contributed by atoms with E-state index in [0.717, 1.165) is 0 Å². The number of methoxy groups -OCH3 is 1. The van der Waals surface area contributed by atoms with Crippen LogP contribution in [-0.2, 0) is 19.6 Å². The van der Waals surface area contributed by atoms with Gasteiger partial charge in [0.05, 0.1) is 11.5 Å². The summed E-state index contributed by atoms with van der Waals surface area (Å²) in [7, 11) is -2.32. The number of nitrogens with one attached hydrogen (secondary N) is 2. The van der Waals surface area contributed by atoms with Gasteiger partial charge in [-0.2, -0.15) is 0 Å². The average molecular weight is 358 g/mol. The molecule has 9 heteroatoms. The smallest absolute Gasteiger partial charge is 0.326 e. The highest BCUT2D eigenvalue weighted by molar-refractivity contribution is 7.89. The van der Waals surface area contributed by atoms with Crippen molar-refractivity contribution < 1.29 is 27.9 Å². The first-order valence-electron chi connectivity index (χ1n) is 7.44. The maximum atomic E-state index is 12.2. The molecule has 0 heterocycles. The third-order valence-corrected chi connectivity index (χ3v) is 4.64. The van der Waals surface area contributed by atoms with E-state index in [1.54, 1.807) is 6.92 Å². The molecule has 1 aromatic rings. The van der Waals surface area contributed by atoms with E-state index in [1.807, 2.05) is 0 Å². The first-order chi connectivity index (χ1) is 11.3. The van der Waals surface area contributed by atoms with E-state index in [9.17, 15) is 18.0 Å². The molecule has 1 aromatic carbocycles. The van der Waals surface area contributed by atoms with Crippen LogP contribution in [-0.4, -0.2) is 51.7 Å². The lowest BCUT2D eigenvalue weighted by Crippen LogP contribution is -2.40. The van der Waals surface area contributed by atoms with Gasteiger partial charge in [0.15, 0.2) is 0 Å². The fourth-order valence-corrected chi connectivity index (χ4v) is 3.01. The normalized spacial score (nSPS) is 12.6. The molecular weight excluding hydrogens is 336 g/mol. The molecule has 134 valence electrons. The Morgan fingerprint density at radius 2 is 2.04 bits per heavy atom. The lowest BCUT2D eigenvalue weighted by Gasteiger charge is -2.14. The Kier molecular flexibility index (Phi) is 7.83. The Hall–Kier alpha value is -1.97. The van der Waals surface area contributed by atoms with E-state index < -0.39 is 27.9 Å². The molecule has 3 N–H and O–H groups in total. The Morgan fingerprint density at radius 3 is 2.62 bits per heavy atom. The number of carboxylic acids is 1. The summed E-state index contributed by atoms with van der Waals surface area (Å²) < 4.78 is 31.4. The number of carboxylic acid groups (broad SMARTS) is 1. The molecule has 0 radical (unpaired) electrons. The molecular formula is C15H22N2O6S. The van der Waals surface area contributed by atoms with Gasteiger partial charge in [-0.3, -0.25) is 4.79 Å². The van der Waals surface area contributed by atoms with Crippen LogP contribution < -0.4 is 10.0 Å². The molecule has 0 saturated carbocycles. The van der Waals surface area contributed by atoms with Crippen LogP contribution in [0.25, 0.3) is 0 Å². The van der Waals surface area contributed by atoms with Gasteiger partial charge in [0.2, 0.25) is 10.0 Å². The SMILES string of the molecule is CCCC(NC(=O)c1cccc(S(=O)(=O)NCCOC)c1)C(=O)O. The van der Waals surface area contributed by atoms with E-state index in [4.69, 9.17) is 9.84 Å². The Morgan fingerprint density at radius 1 is 1.33 bits per heavy atom. The van der Waals surface area contributed by atoms with E-state index in [0.29, 0.717) is 6.42 Å². The highest BCUT2D eigenvalue weighted by Crippen LogP contribution is 2.12. The molecule has 24 heavy (non-hydrogen) atoms. The largest absolute Gasteiger partial charge is 0.480 e. The minimum Gasteiger partial charge on any atom is -0.480 e. The summed E-state index contributed by atoms with van der Waals surface area (Å²) in [4.78, 5) is 23.2. The molecule has 0 saturated heterocycles. The molecule has 0 bridgehead atoms. The number of ether oxygens (including phenoxy) is 1. The molecule has 1 atom stereocenters. The summed E-state index contributed by atoms with van der Waals surface area (Å²) in [6.07, 6.45) is 0.882. The number of hydrogen-bond donors (Lipinski definition) is 3. The van der Waals surface area contributed by atoms with Crippen molar-refractivity contribution in [3.05, 3.63) is 29.8 Å². The zero-order valence-corrected chi connectivity index (χ0v) is 14.4. The molecule has 8 nitrogen and oxygen atoms in total. The van der Waals surface area contributed by atoms with Crippen LogP contribution in [0.5, 0.6) is 0 Å². The number of carbonyl (C=O) groups excluding carboxylic acids is 1. The Balaban J connectivity index is 2.91. The minimum atomic E-state index is -3.77. The lowest BCUT2D eigenvalue weighted by atomic mass is 10.1. The summed E-state index contributed by atoms with van der Waals surface area (Å²) in [6.45, 7) is 2.13. The van der Waals surface area contributed by atoms with Gasteiger partial charge < -0.3 is 15.2 Å². The van der Waals surface area contributed by atoms with Gasteiger partial charge in [-0.1, -0.05) is 19.4 Å². The topological polar surface area (TPSA) is 122 Å². The van der Waals surface area contributed by atoms with Crippen LogP contribution in [0.15, 0.2) is 29.2 Å². The van der Waals surface area contributed by atoms with Crippen LogP contribution in [0.2, 0.25) is 0 Å². The van der Waals surface area contributed by atoms with Crippen molar-refractivity contribution >= 4 is 21.9 Å². The second-order valence-electron chi connectivity index (χ2n) is 5.07. The number of rotatable bonds is 10. The van der Waals surface area contributed by atoms with E-state index in [-0.39, 0.29) is 30.0 Å². The second-order valence-corrected chi connectivity index (χ2v) is 6.84. The van der Waals surface area contributed by atoms with Gasteiger partial charge in [-0.05, 0) is 24.6 Å². The number of hydrogen-bond acceptors (Lipinski definition) is 5. The zero-order chi connectivity index (χ0) is 18.2. The third-order valence-electron chi connectivity index (χ3n) is 3.19. The van der Waals surface area contributed by atoms with Crippen LogP contribution in [0.3, 0.4) is 0 Å². The molecule has 1 unspecified atom stereocenters. The highest BCUT2D eigenvalue weighted by Gasteiger charge is 2.21. The summed E-state index contributed by atoms with van der Waals surface area (Å²) in [6, 6.07) is 4.40. The van der Waals surface area contributed by atoms with Crippen molar-refractivity contribution in [1.29, 1.82) is 0 Å². The highest BCUT2D eigenvalue weighted by atomic mass is 32.2. The first-order valence-corrected chi connectivity index (χ1v) is 8.92. The predicted molar refractivity (Wildman–Crippen MR) is 87.3 cm³/mol. The molecule has 0 spiro atoms. The maximum absolute atomic E-state index is 12.2. The van der Waals surface area contributed by atoms with Gasteiger partial charge in [0, 0.05) is 19.2 Å². The standard InChI is InChI=1S/C15H22N2O6S/c1-3-5-13(15(19)20)17-14(18)11-6-4-7-12(10-11)24(21,22)16-8-9-23-2/h4,6-7,10,13,16H,3,5,8-9H2,1-2H3,(H,17,18)(H,19,20). The number of sulfonamides is 1. The van der Waals surface area contributed by atoms with Crippen molar-refractivity contribution in [1.82, 2.24) is 10.0 Å². The van der Waals surface area contributed by atoms with Crippen molar-refractivity contribution in [2.75, 3.05) is 20.3 Å². The van der Waals surface area contributed by atoms with Crippen LogP contribution in [0, 0.1) is 0 Å². The predicted octanol–water partition coefficient (Wildman–Crippen LogP) is 0.594. The molecule has 0 aliphatic carbocycles. The van der Waals surface area contributed by atoms with Crippen molar-refractivity contribution in [3.8, 4) is 0 Å². The van der Waals surface area contributed by atoms with Gasteiger partial charge in [0.25, 0.3) is 5.91 Å². The second kappa shape index (κ2) is 9.36. The fourth-order valence-electron chi connectivity index (χ4n) is 1.95. The van der Waals surface area contributed by atoms with E-state index in [1.165, 1.54) is 31.4 Å². The summed E-state index contributed by atoms with van der Waals surface area (Å²) >= 11 is 0. The molecule has 0 aliphatic rings. The average Bonchev–Trinajstić information content (AvgIpc) is 2.54. The summed E-state index contributed by atoms with van der Waals surface area (Å²) in [5, 5.41) is 11.5. The van der Waals surface area contributed by atoms with Gasteiger partial charge in [-0.25, -0.2) is 17.9 Å². The van der Waals surface area contributed by atoms with E-state index >= 15 is 0 Å². The van der Waals surface area contributed by atoms with Crippen molar-refractivity contribution in [2.24, 2.45) is 0 Å². The van der Waals surface area contributed by atoms with Gasteiger partial charge >= 0.3 is 5.97 Å². The minimum absolute atomic E-state index is 0.0754. The fraction of sp³-hybridized carbons (Fsp3) is 0.467. The molecule has 0 aromatic heterocycles. The third kappa shape index (κ3) is 5.91. The lowest BCUT2D eigenvalue weighted by molar-refractivity contribution is -0.139. The van der Waals surface area contributed by atoms with Gasteiger partial charge in [0.1, 0.15) is 6.04 Å². The van der Waals surface area contributed by atoms with Crippen LogP contribution in [0.1, 0.15) is 30.1 Å². The Bertz CT molecular complexity index is 674. The summed E-state index contributed by atoms with van der Waals surface area (Å²) in [5.41, 5.74) is 0.0759. The van der Waals surface area contributed by atoms with Gasteiger partial charge in [-0.15, -0.1) is 0 Å². The van der Waals surface area contributed by atoms with Crippen LogP contribution in [0.4, 0.5) is 0 Å². The maximum Gasteiger partial charge on any atom is 0.326 e. The van der Waals surface area contributed by atoms with Crippen molar-refractivity contribution in [2.45, 2.75) is 30.7 Å². The molecule has 0 aliphatic heterocycles. The molecule has 1 amide bonds. The molecule has 1 rings (SSSR count). The number of carbonyl (C=O) groups is 2. The van der Waals surface area contributed by atoms with Crippen molar-refractivity contribution in [3.63, 3.8) is 0 Å². The number of benzene rings is 1. The Labute approximate surface area is 141 Å². The first kappa shape index (κ1) is 20.1. The number of aliphatic carboxylic acids is 1. The van der Waals surface area contributed by atoms with E-state index in [2.05, 4.69) is 10.0 Å². The summed E-state index contributed by atoms with van der Waals surface area (Å²) in [5.74, 6) is -1.76. The molecule has 0 fully saturated rings. The quantitative estimate of drug-likeness (QED) is 0.526. The zero-order valence-electron chi connectivity index (χ0n) is 13.6. The van der Waals surface area contributed by atoms with Crippen LogP contribution >= 0.6 is 0 Å². The number of amides is 1. The monoisotopic (exact) mass is 358 g/mol.